The SMILES string of the molecule is O=C(Nc1cccc(CCl)c1)C1CCOCC1. The van der Waals surface area contributed by atoms with E-state index in [0.717, 1.165) is 24.1 Å². The fourth-order valence-corrected chi connectivity index (χ4v) is 2.10. The van der Waals surface area contributed by atoms with Gasteiger partial charge in [-0.1, -0.05) is 12.1 Å². The van der Waals surface area contributed by atoms with Gasteiger partial charge in [0.1, 0.15) is 0 Å². The maximum absolute atomic E-state index is 12.0. The zero-order chi connectivity index (χ0) is 12.1. The minimum Gasteiger partial charge on any atom is -0.381 e. The van der Waals surface area contributed by atoms with Crippen LogP contribution in [0.1, 0.15) is 18.4 Å². The predicted molar refractivity (Wildman–Crippen MR) is 68.2 cm³/mol. The van der Waals surface area contributed by atoms with Crippen LogP contribution in [0, 0.1) is 5.92 Å². The Balaban J connectivity index is 1.96. The average molecular weight is 254 g/mol. The van der Waals surface area contributed by atoms with Crippen molar-refractivity contribution in [3.05, 3.63) is 29.8 Å². The lowest BCUT2D eigenvalue weighted by molar-refractivity contribution is -0.122. The van der Waals surface area contributed by atoms with Gasteiger partial charge in [0.2, 0.25) is 5.91 Å². The summed E-state index contributed by atoms with van der Waals surface area (Å²) in [6.45, 7) is 1.36. The highest BCUT2D eigenvalue weighted by atomic mass is 35.5. The number of hydrogen-bond acceptors (Lipinski definition) is 2. The largest absolute Gasteiger partial charge is 0.381 e. The fraction of sp³-hybridized carbons (Fsp3) is 0.462. The van der Waals surface area contributed by atoms with Gasteiger partial charge in [0.25, 0.3) is 0 Å². The van der Waals surface area contributed by atoms with E-state index in [4.69, 9.17) is 16.3 Å². The molecule has 0 aliphatic carbocycles. The Hall–Kier alpha value is -1.06. The number of carbonyl (C=O) groups is 1. The normalized spacial score (nSPS) is 16.8. The van der Waals surface area contributed by atoms with Gasteiger partial charge in [0, 0.05) is 30.7 Å². The molecule has 1 fully saturated rings. The van der Waals surface area contributed by atoms with E-state index < -0.39 is 0 Å². The monoisotopic (exact) mass is 253 g/mol. The van der Waals surface area contributed by atoms with Crippen LogP contribution in [0.25, 0.3) is 0 Å². The number of amides is 1. The van der Waals surface area contributed by atoms with Crippen molar-refractivity contribution in [1.82, 2.24) is 0 Å². The molecule has 92 valence electrons. The van der Waals surface area contributed by atoms with Gasteiger partial charge < -0.3 is 10.1 Å². The Morgan fingerprint density at radius 1 is 1.41 bits per heavy atom. The molecule has 0 unspecified atom stereocenters. The summed E-state index contributed by atoms with van der Waals surface area (Å²) in [7, 11) is 0. The first kappa shape index (κ1) is 12.4. The molecule has 1 aliphatic heterocycles. The summed E-state index contributed by atoms with van der Waals surface area (Å²) in [4.78, 5) is 12.0. The maximum atomic E-state index is 12.0. The molecule has 1 aromatic carbocycles. The summed E-state index contributed by atoms with van der Waals surface area (Å²) in [6, 6.07) is 7.63. The second kappa shape index (κ2) is 6.03. The summed E-state index contributed by atoms with van der Waals surface area (Å²) in [6.07, 6.45) is 1.61. The lowest BCUT2D eigenvalue weighted by Gasteiger charge is -2.21. The van der Waals surface area contributed by atoms with Gasteiger partial charge in [-0.05, 0) is 30.5 Å². The molecule has 1 aromatic rings. The number of carbonyl (C=O) groups excluding carboxylic acids is 1. The Morgan fingerprint density at radius 2 is 2.18 bits per heavy atom. The van der Waals surface area contributed by atoms with Crippen molar-refractivity contribution in [1.29, 1.82) is 0 Å². The summed E-state index contributed by atoms with van der Waals surface area (Å²) in [5.41, 5.74) is 1.83. The van der Waals surface area contributed by atoms with Crippen LogP contribution in [0.2, 0.25) is 0 Å². The number of nitrogens with one attached hydrogen (secondary N) is 1. The van der Waals surface area contributed by atoms with E-state index in [2.05, 4.69) is 5.32 Å². The van der Waals surface area contributed by atoms with Gasteiger partial charge in [-0.2, -0.15) is 0 Å². The molecule has 1 amide bonds. The van der Waals surface area contributed by atoms with E-state index >= 15 is 0 Å². The summed E-state index contributed by atoms with van der Waals surface area (Å²) in [5.74, 6) is 0.615. The van der Waals surface area contributed by atoms with Crippen molar-refractivity contribution in [2.45, 2.75) is 18.7 Å². The van der Waals surface area contributed by atoms with Crippen molar-refractivity contribution < 1.29 is 9.53 Å². The molecule has 0 bridgehead atoms. The summed E-state index contributed by atoms with van der Waals surface area (Å²) < 4.78 is 5.24. The molecule has 0 aromatic heterocycles. The van der Waals surface area contributed by atoms with E-state index in [-0.39, 0.29) is 11.8 Å². The lowest BCUT2D eigenvalue weighted by atomic mass is 9.99. The van der Waals surface area contributed by atoms with E-state index in [0.29, 0.717) is 19.1 Å². The Kier molecular flexibility index (Phi) is 4.40. The van der Waals surface area contributed by atoms with E-state index in [1.54, 1.807) is 0 Å². The number of anilines is 1. The molecular formula is C13H16ClNO2. The summed E-state index contributed by atoms with van der Waals surface area (Å²) in [5, 5.41) is 2.93. The zero-order valence-corrected chi connectivity index (χ0v) is 10.4. The van der Waals surface area contributed by atoms with Gasteiger partial charge in [0.15, 0.2) is 0 Å². The Labute approximate surface area is 106 Å². The summed E-state index contributed by atoms with van der Waals surface area (Å²) >= 11 is 5.75. The molecule has 0 saturated carbocycles. The highest BCUT2D eigenvalue weighted by Crippen LogP contribution is 2.18. The highest BCUT2D eigenvalue weighted by Gasteiger charge is 2.21. The van der Waals surface area contributed by atoms with Crippen molar-refractivity contribution in [3.63, 3.8) is 0 Å². The van der Waals surface area contributed by atoms with Crippen LogP contribution in [-0.2, 0) is 15.4 Å². The van der Waals surface area contributed by atoms with Crippen LogP contribution in [0.15, 0.2) is 24.3 Å². The molecular weight excluding hydrogens is 238 g/mol. The molecule has 0 radical (unpaired) electrons. The number of benzene rings is 1. The molecule has 1 N–H and O–H groups in total. The molecule has 1 saturated heterocycles. The molecule has 17 heavy (non-hydrogen) atoms. The number of halogens is 1. The first-order valence-corrected chi connectivity index (χ1v) is 6.36. The van der Waals surface area contributed by atoms with Gasteiger partial charge in [-0.3, -0.25) is 4.79 Å². The number of rotatable bonds is 3. The number of alkyl halides is 1. The maximum Gasteiger partial charge on any atom is 0.227 e. The standard InChI is InChI=1S/C13H16ClNO2/c14-9-10-2-1-3-12(8-10)15-13(16)11-4-6-17-7-5-11/h1-3,8,11H,4-7,9H2,(H,15,16). The minimum atomic E-state index is 0.0726. The van der Waals surface area contributed by atoms with Crippen molar-refractivity contribution in [2.24, 2.45) is 5.92 Å². The van der Waals surface area contributed by atoms with Crippen LogP contribution < -0.4 is 5.32 Å². The highest BCUT2D eigenvalue weighted by molar-refractivity contribution is 6.17. The van der Waals surface area contributed by atoms with Gasteiger partial charge in [0.05, 0.1) is 0 Å². The molecule has 2 rings (SSSR count). The second-order valence-electron chi connectivity index (χ2n) is 4.21. The van der Waals surface area contributed by atoms with Crippen molar-refractivity contribution >= 4 is 23.2 Å². The van der Waals surface area contributed by atoms with Gasteiger partial charge in [-0.25, -0.2) is 0 Å². The van der Waals surface area contributed by atoms with Crippen LogP contribution in [0.5, 0.6) is 0 Å². The third-order valence-corrected chi connectivity index (χ3v) is 3.25. The zero-order valence-electron chi connectivity index (χ0n) is 9.62. The van der Waals surface area contributed by atoms with Crippen LogP contribution in [-0.4, -0.2) is 19.1 Å². The molecule has 3 nitrogen and oxygen atoms in total. The molecule has 0 atom stereocenters. The van der Waals surface area contributed by atoms with E-state index in [1.165, 1.54) is 0 Å². The quantitative estimate of drug-likeness (QED) is 0.842. The van der Waals surface area contributed by atoms with Crippen LogP contribution in [0.3, 0.4) is 0 Å². The molecule has 1 aliphatic rings. The molecule has 1 heterocycles. The van der Waals surface area contributed by atoms with Crippen LogP contribution in [0.4, 0.5) is 5.69 Å². The van der Waals surface area contributed by atoms with Gasteiger partial charge >= 0.3 is 0 Å². The third-order valence-electron chi connectivity index (χ3n) is 2.94. The first-order valence-electron chi connectivity index (χ1n) is 5.83. The Bertz CT molecular complexity index is 389. The molecule has 4 heteroatoms. The van der Waals surface area contributed by atoms with Crippen molar-refractivity contribution in [3.8, 4) is 0 Å². The predicted octanol–water partition coefficient (Wildman–Crippen LogP) is 2.79. The Morgan fingerprint density at radius 3 is 2.88 bits per heavy atom. The van der Waals surface area contributed by atoms with E-state index in [1.807, 2.05) is 24.3 Å². The molecule has 0 spiro atoms. The second-order valence-corrected chi connectivity index (χ2v) is 4.48. The van der Waals surface area contributed by atoms with Crippen molar-refractivity contribution in [2.75, 3.05) is 18.5 Å². The van der Waals surface area contributed by atoms with E-state index in [9.17, 15) is 4.79 Å². The average Bonchev–Trinajstić information content (AvgIpc) is 2.40. The van der Waals surface area contributed by atoms with Gasteiger partial charge in [-0.15, -0.1) is 11.6 Å². The topological polar surface area (TPSA) is 38.3 Å². The number of ether oxygens (including phenoxy) is 1. The fourth-order valence-electron chi connectivity index (χ4n) is 1.94. The third kappa shape index (κ3) is 3.45. The first-order chi connectivity index (χ1) is 8.29. The smallest absolute Gasteiger partial charge is 0.227 e. The lowest BCUT2D eigenvalue weighted by Crippen LogP contribution is -2.28. The van der Waals surface area contributed by atoms with Crippen LogP contribution >= 0.6 is 11.6 Å². The number of hydrogen-bond donors (Lipinski definition) is 1. The minimum absolute atomic E-state index is 0.0726.